The molecule has 160 valence electrons. The Bertz CT molecular complexity index is 1510. The maximum Gasteiger partial charge on any atom is 0.325 e. The van der Waals surface area contributed by atoms with Gasteiger partial charge in [0.2, 0.25) is 0 Å². The number of pyridine rings is 1. The zero-order valence-electron chi connectivity index (χ0n) is 16.7. The van der Waals surface area contributed by atoms with Gasteiger partial charge in [-0.25, -0.2) is 8.78 Å². The molecule has 32 heavy (non-hydrogen) atoms. The number of carbonyl (C=O) groups is 1. The number of carboxylic acids is 1. The van der Waals surface area contributed by atoms with E-state index in [1.54, 1.807) is 19.1 Å². The predicted octanol–water partition coefficient (Wildman–Crippen LogP) is 2.80. The molecule has 5 rings (SSSR count). The fourth-order valence-corrected chi connectivity index (χ4v) is 3.49. The first-order valence-electron chi connectivity index (χ1n) is 9.58. The summed E-state index contributed by atoms with van der Waals surface area (Å²) < 4.78 is 32.9. The molecule has 0 saturated heterocycles. The number of aryl methyl sites for hydroxylation is 1. The van der Waals surface area contributed by atoms with Crippen LogP contribution in [0.2, 0.25) is 0 Å². The van der Waals surface area contributed by atoms with Crippen molar-refractivity contribution in [1.29, 1.82) is 0 Å². The molecule has 0 fully saturated rings. The van der Waals surface area contributed by atoms with Crippen LogP contribution in [0.15, 0.2) is 42.9 Å². The minimum atomic E-state index is -1.03. The summed E-state index contributed by atoms with van der Waals surface area (Å²) in [6.45, 7) is 1.50. The standard InChI is InChI=1S/C21H15F2N7O2/c1-11-2-3-18-26-27-19(30(18)28-11)5-14-16(22)6-17-15(21(14)23)4-12(7-24-17)13-8-25-29(9-13)10-20(31)32/h2-4,6-9H,5,10H2,1H3,(H,31,32). The van der Waals surface area contributed by atoms with Gasteiger partial charge >= 0.3 is 5.97 Å². The normalized spacial score (nSPS) is 11.5. The highest BCUT2D eigenvalue weighted by molar-refractivity contribution is 5.85. The third-order valence-corrected chi connectivity index (χ3v) is 5.03. The maximum atomic E-state index is 15.4. The molecule has 0 aliphatic rings. The molecule has 0 spiro atoms. The Morgan fingerprint density at radius 2 is 1.97 bits per heavy atom. The maximum absolute atomic E-state index is 15.4. The molecule has 0 aliphatic heterocycles. The molecule has 9 nitrogen and oxygen atoms in total. The summed E-state index contributed by atoms with van der Waals surface area (Å²) in [6, 6.07) is 6.21. The fourth-order valence-electron chi connectivity index (χ4n) is 3.49. The summed E-state index contributed by atoms with van der Waals surface area (Å²) in [6.07, 6.45) is 4.30. The van der Waals surface area contributed by atoms with Crippen molar-refractivity contribution in [3.63, 3.8) is 0 Å². The molecule has 4 heterocycles. The Hall–Kier alpha value is -4.28. The van der Waals surface area contributed by atoms with Crippen molar-refractivity contribution in [1.82, 2.24) is 34.6 Å². The smallest absolute Gasteiger partial charge is 0.325 e. The highest BCUT2D eigenvalue weighted by Gasteiger charge is 2.19. The zero-order valence-corrected chi connectivity index (χ0v) is 16.7. The van der Waals surface area contributed by atoms with Crippen LogP contribution in [0.3, 0.4) is 0 Å². The summed E-state index contributed by atoms with van der Waals surface area (Å²) in [7, 11) is 0. The van der Waals surface area contributed by atoms with E-state index in [1.807, 2.05) is 0 Å². The second kappa shape index (κ2) is 7.45. The van der Waals surface area contributed by atoms with E-state index in [0.717, 1.165) is 5.69 Å². The van der Waals surface area contributed by atoms with Crippen LogP contribution in [-0.4, -0.2) is 45.7 Å². The van der Waals surface area contributed by atoms with E-state index in [-0.39, 0.29) is 29.4 Å². The molecule has 5 aromatic rings. The zero-order chi connectivity index (χ0) is 22.4. The van der Waals surface area contributed by atoms with Gasteiger partial charge in [-0.3, -0.25) is 14.5 Å². The van der Waals surface area contributed by atoms with Crippen LogP contribution in [0.25, 0.3) is 27.7 Å². The molecular weight excluding hydrogens is 420 g/mol. The topological polar surface area (TPSA) is 111 Å². The number of fused-ring (bicyclic) bond motifs is 2. The lowest BCUT2D eigenvalue weighted by atomic mass is 10.0. The lowest BCUT2D eigenvalue weighted by Crippen LogP contribution is -2.08. The number of halogens is 2. The molecule has 0 aliphatic carbocycles. The number of benzene rings is 1. The molecule has 0 saturated carbocycles. The summed E-state index contributed by atoms with van der Waals surface area (Å²) in [5, 5.41) is 25.3. The molecule has 4 aromatic heterocycles. The molecule has 0 radical (unpaired) electrons. The number of rotatable bonds is 5. The monoisotopic (exact) mass is 435 g/mol. The highest BCUT2D eigenvalue weighted by Crippen LogP contribution is 2.28. The molecule has 0 bridgehead atoms. The summed E-state index contributed by atoms with van der Waals surface area (Å²) in [5.41, 5.74) is 2.27. The van der Waals surface area contributed by atoms with Gasteiger partial charge in [-0.05, 0) is 25.1 Å². The largest absolute Gasteiger partial charge is 0.480 e. The van der Waals surface area contributed by atoms with Crippen molar-refractivity contribution in [3.05, 3.63) is 71.6 Å². The quantitative estimate of drug-likeness (QED) is 0.452. The second-order valence-corrected chi connectivity index (χ2v) is 7.30. The Kier molecular flexibility index (Phi) is 4.58. The van der Waals surface area contributed by atoms with Crippen LogP contribution in [0.5, 0.6) is 0 Å². The highest BCUT2D eigenvalue weighted by atomic mass is 19.1. The third kappa shape index (κ3) is 3.43. The van der Waals surface area contributed by atoms with Crippen LogP contribution in [0.1, 0.15) is 17.1 Å². The van der Waals surface area contributed by atoms with E-state index in [4.69, 9.17) is 5.11 Å². The van der Waals surface area contributed by atoms with Gasteiger partial charge < -0.3 is 5.11 Å². The molecule has 1 N–H and O–H groups in total. The van der Waals surface area contributed by atoms with E-state index < -0.39 is 17.6 Å². The van der Waals surface area contributed by atoms with Crippen molar-refractivity contribution in [3.8, 4) is 11.1 Å². The van der Waals surface area contributed by atoms with Gasteiger partial charge in [0.1, 0.15) is 18.2 Å². The van der Waals surface area contributed by atoms with Crippen molar-refractivity contribution in [2.75, 3.05) is 0 Å². The molecule has 0 unspecified atom stereocenters. The minimum Gasteiger partial charge on any atom is -0.480 e. The van der Waals surface area contributed by atoms with Gasteiger partial charge in [0.15, 0.2) is 11.5 Å². The van der Waals surface area contributed by atoms with Gasteiger partial charge in [0, 0.05) is 47.0 Å². The Labute approximate surface area is 179 Å². The van der Waals surface area contributed by atoms with E-state index in [0.29, 0.717) is 22.6 Å². The van der Waals surface area contributed by atoms with Crippen LogP contribution in [0, 0.1) is 18.6 Å². The SMILES string of the molecule is Cc1ccc2nnc(Cc3c(F)cc4ncc(-c5cnn(CC(=O)O)c5)cc4c3F)n2n1. The summed E-state index contributed by atoms with van der Waals surface area (Å²) in [4.78, 5) is 15.0. The first-order chi connectivity index (χ1) is 15.4. The van der Waals surface area contributed by atoms with Crippen molar-refractivity contribution in [2.24, 2.45) is 0 Å². The van der Waals surface area contributed by atoms with E-state index in [1.165, 1.54) is 39.9 Å². The van der Waals surface area contributed by atoms with Crippen molar-refractivity contribution in [2.45, 2.75) is 19.9 Å². The number of aliphatic carboxylic acids is 1. The van der Waals surface area contributed by atoms with Gasteiger partial charge in [0.25, 0.3) is 0 Å². The fraction of sp³-hybridized carbons (Fsp3) is 0.143. The van der Waals surface area contributed by atoms with Gasteiger partial charge in [-0.15, -0.1) is 10.2 Å². The van der Waals surface area contributed by atoms with Crippen LogP contribution >= 0.6 is 0 Å². The second-order valence-electron chi connectivity index (χ2n) is 7.30. The summed E-state index contributed by atoms with van der Waals surface area (Å²) in [5.74, 6) is -2.22. The average molecular weight is 435 g/mol. The van der Waals surface area contributed by atoms with Crippen molar-refractivity contribution >= 4 is 22.5 Å². The molecule has 1 aromatic carbocycles. The lowest BCUT2D eigenvalue weighted by molar-refractivity contribution is -0.137. The van der Waals surface area contributed by atoms with E-state index in [2.05, 4.69) is 25.4 Å². The Morgan fingerprint density at radius 1 is 1.12 bits per heavy atom. The minimum absolute atomic E-state index is 0.128. The van der Waals surface area contributed by atoms with Crippen molar-refractivity contribution < 1.29 is 18.7 Å². The average Bonchev–Trinajstić information content (AvgIpc) is 3.37. The van der Waals surface area contributed by atoms with Gasteiger partial charge in [-0.1, -0.05) is 0 Å². The first-order valence-corrected chi connectivity index (χ1v) is 9.58. The number of aromatic nitrogens is 7. The molecular formula is C21H15F2N7O2. The van der Waals surface area contributed by atoms with Crippen LogP contribution < -0.4 is 0 Å². The van der Waals surface area contributed by atoms with Crippen LogP contribution in [-0.2, 0) is 17.8 Å². The number of hydrogen-bond acceptors (Lipinski definition) is 6. The number of carboxylic acid groups (broad SMARTS) is 1. The number of hydrogen-bond donors (Lipinski definition) is 1. The van der Waals surface area contributed by atoms with Gasteiger partial charge in [0.05, 0.1) is 17.4 Å². The van der Waals surface area contributed by atoms with E-state index >= 15 is 4.39 Å². The third-order valence-electron chi connectivity index (χ3n) is 5.03. The molecule has 0 atom stereocenters. The Balaban J connectivity index is 1.57. The molecule has 11 heteroatoms. The van der Waals surface area contributed by atoms with Crippen LogP contribution in [0.4, 0.5) is 8.78 Å². The van der Waals surface area contributed by atoms with Gasteiger partial charge in [-0.2, -0.15) is 14.7 Å². The number of nitrogens with zero attached hydrogens (tertiary/aromatic N) is 7. The Morgan fingerprint density at radius 3 is 2.78 bits per heavy atom. The lowest BCUT2D eigenvalue weighted by Gasteiger charge is -2.09. The first kappa shape index (κ1) is 19.7. The summed E-state index contributed by atoms with van der Waals surface area (Å²) >= 11 is 0. The molecule has 0 amide bonds. The predicted molar refractivity (Wildman–Crippen MR) is 109 cm³/mol. The van der Waals surface area contributed by atoms with E-state index in [9.17, 15) is 9.18 Å².